The molecule has 0 aromatic carbocycles. The van der Waals surface area contributed by atoms with Crippen LogP contribution in [0.15, 0.2) is 49.2 Å². The Hall–Kier alpha value is -3.55. The second-order valence-corrected chi connectivity index (χ2v) is 7.48. The SMILES string of the molecule is Fc1nc(NCc2ccc(N3CCCC3)cn2)ccc1Cc1c[nH]c2ncncc12. The number of anilines is 2. The van der Waals surface area contributed by atoms with E-state index in [2.05, 4.69) is 41.2 Å². The minimum atomic E-state index is -0.483. The third-order valence-corrected chi connectivity index (χ3v) is 5.48. The summed E-state index contributed by atoms with van der Waals surface area (Å²) in [6.45, 7) is 2.69. The number of nitrogens with one attached hydrogen (secondary N) is 2. The van der Waals surface area contributed by atoms with Gasteiger partial charge in [0.1, 0.15) is 17.8 Å². The lowest BCUT2D eigenvalue weighted by molar-refractivity contribution is 0.571. The molecule has 4 aromatic rings. The number of halogens is 1. The fourth-order valence-corrected chi connectivity index (χ4v) is 3.82. The molecule has 5 heterocycles. The first-order chi connectivity index (χ1) is 14.8. The molecule has 1 fully saturated rings. The fourth-order valence-electron chi connectivity index (χ4n) is 3.82. The zero-order chi connectivity index (χ0) is 20.3. The van der Waals surface area contributed by atoms with E-state index in [0.717, 1.165) is 41.1 Å². The summed E-state index contributed by atoms with van der Waals surface area (Å²) in [6, 6.07) is 7.65. The van der Waals surface area contributed by atoms with Gasteiger partial charge in [0, 0.05) is 42.9 Å². The molecule has 152 valence electrons. The Labute approximate surface area is 173 Å². The highest BCUT2D eigenvalue weighted by Gasteiger charge is 2.13. The van der Waals surface area contributed by atoms with E-state index in [-0.39, 0.29) is 0 Å². The minimum absolute atomic E-state index is 0.423. The minimum Gasteiger partial charge on any atom is -0.370 e. The molecule has 30 heavy (non-hydrogen) atoms. The zero-order valence-electron chi connectivity index (χ0n) is 16.5. The Morgan fingerprint density at radius 2 is 1.93 bits per heavy atom. The Morgan fingerprint density at radius 3 is 2.73 bits per heavy atom. The lowest BCUT2D eigenvalue weighted by Gasteiger charge is -2.17. The van der Waals surface area contributed by atoms with Gasteiger partial charge in [-0.05, 0) is 36.6 Å². The van der Waals surface area contributed by atoms with Gasteiger partial charge >= 0.3 is 0 Å². The largest absolute Gasteiger partial charge is 0.370 e. The summed E-state index contributed by atoms with van der Waals surface area (Å²) in [7, 11) is 0. The van der Waals surface area contributed by atoms with E-state index >= 15 is 0 Å². The highest BCUT2D eigenvalue weighted by Crippen LogP contribution is 2.21. The summed E-state index contributed by atoms with van der Waals surface area (Å²) in [5.74, 6) is 0.00692. The van der Waals surface area contributed by atoms with Gasteiger partial charge in [-0.3, -0.25) is 4.98 Å². The Morgan fingerprint density at radius 1 is 1.03 bits per heavy atom. The normalized spacial score (nSPS) is 13.8. The average Bonchev–Trinajstić information content (AvgIpc) is 3.45. The molecule has 8 heteroatoms. The molecule has 0 bridgehead atoms. The van der Waals surface area contributed by atoms with Gasteiger partial charge in [-0.15, -0.1) is 0 Å². The monoisotopic (exact) mass is 403 g/mol. The topological polar surface area (TPSA) is 82.6 Å². The van der Waals surface area contributed by atoms with Crippen LogP contribution in [0.3, 0.4) is 0 Å². The van der Waals surface area contributed by atoms with Crippen LogP contribution in [-0.2, 0) is 13.0 Å². The molecule has 0 amide bonds. The highest BCUT2D eigenvalue weighted by molar-refractivity contribution is 5.78. The van der Waals surface area contributed by atoms with E-state index in [0.29, 0.717) is 24.3 Å². The van der Waals surface area contributed by atoms with Crippen molar-refractivity contribution in [2.45, 2.75) is 25.8 Å². The van der Waals surface area contributed by atoms with E-state index in [1.54, 1.807) is 18.3 Å². The van der Waals surface area contributed by atoms with Crippen molar-refractivity contribution in [3.63, 3.8) is 0 Å². The Bertz CT molecular complexity index is 1150. The van der Waals surface area contributed by atoms with Gasteiger partial charge in [0.2, 0.25) is 5.95 Å². The summed E-state index contributed by atoms with van der Waals surface area (Å²) >= 11 is 0. The first-order valence-electron chi connectivity index (χ1n) is 10.1. The van der Waals surface area contributed by atoms with Crippen LogP contribution in [0.2, 0.25) is 0 Å². The molecule has 1 saturated heterocycles. The molecule has 7 nitrogen and oxygen atoms in total. The molecule has 0 unspecified atom stereocenters. The number of hydrogen-bond donors (Lipinski definition) is 2. The van der Waals surface area contributed by atoms with E-state index < -0.39 is 5.95 Å². The molecule has 0 spiro atoms. The number of hydrogen-bond acceptors (Lipinski definition) is 6. The lowest BCUT2D eigenvalue weighted by Crippen LogP contribution is -2.17. The Balaban J connectivity index is 1.23. The lowest BCUT2D eigenvalue weighted by atomic mass is 10.1. The number of aromatic amines is 1. The van der Waals surface area contributed by atoms with Gasteiger partial charge < -0.3 is 15.2 Å². The van der Waals surface area contributed by atoms with E-state index in [9.17, 15) is 4.39 Å². The second kappa shape index (κ2) is 8.06. The first kappa shape index (κ1) is 18.5. The average molecular weight is 403 g/mol. The van der Waals surface area contributed by atoms with Crippen molar-refractivity contribution in [1.29, 1.82) is 0 Å². The number of H-pyrrole nitrogens is 1. The van der Waals surface area contributed by atoms with Crippen LogP contribution in [0.4, 0.5) is 15.9 Å². The quantitative estimate of drug-likeness (QED) is 0.478. The standard InChI is InChI=1S/C22H22FN7/c23-21-15(9-16-10-27-22-19(16)13-24-14-28-22)3-6-20(29-21)26-11-17-4-5-18(12-25-17)30-7-1-2-8-30/h3-6,10,12-14H,1-2,7-9,11H2,(H,26,29)(H,24,27,28). The van der Waals surface area contributed by atoms with E-state index in [1.807, 2.05) is 18.5 Å². The first-order valence-corrected chi connectivity index (χ1v) is 10.1. The van der Waals surface area contributed by atoms with Crippen LogP contribution >= 0.6 is 0 Å². The summed E-state index contributed by atoms with van der Waals surface area (Å²) in [4.78, 5) is 22.2. The van der Waals surface area contributed by atoms with Gasteiger partial charge in [0.15, 0.2) is 0 Å². The van der Waals surface area contributed by atoms with Crippen molar-refractivity contribution < 1.29 is 4.39 Å². The number of nitrogens with zero attached hydrogens (tertiary/aromatic N) is 5. The van der Waals surface area contributed by atoms with Gasteiger partial charge in [0.05, 0.1) is 24.1 Å². The molecular weight excluding hydrogens is 381 g/mol. The van der Waals surface area contributed by atoms with Crippen LogP contribution < -0.4 is 10.2 Å². The molecule has 5 rings (SSSR count). The number of rotatable bonds is 6. The molecule has 0 saturated carbocycles. The van der Waals surface area contributed by atoms with Crippen molar-refractivity contribution in [2.24, 2.45) is 0 Å². The van der Waals surface area contributed by atoms with Crippen LogP contribution in [0.25, 0.3) is 11.0 Å². The van der Waals surface area contributed by atoms with Crippen molar-refractivity contribution >= 4 is 22.5 Å². The third kappa shape index (κ3) is 3.80. The van der Waals surface area contributed by atoms with Gasteiger partial charge in [-0.2, -0.15) is 4.39 Å². The maximum atomic E-state index is 14.6. The summed E-state index contributed by atoms with van der Waals surface area (Å²) in [5.41, 5.74) is 4.26. The zero-order valence-corrected chi connectivity index (χ0v) is 16.5. The van der Waals surface area contributed by atoms with Crippen molar-refractivity contribution in [3.05, 3.63) is 72.0 Å². The van der Waals surface area contributed by atoms with Crippen LogP contribution in [0.5, 0.6) is 0 Å². The van der Waals surface area contributed by atoms with Crippen molar-refractivity contribution in [1.82, 2.24) is 24.9 Å². The molecule has 2 N–H and O–H groups in total. The van der Waals surface area contributed by atoms with Gasteiger partial charge in [0.25, 0.3) is 0 Å². The smallest absolute Gasteiger partial charge is 0.218 e. The molecular formula is C22H22FN7. The van der Waals surface area contributed by atoms with E-state index in [1.165, 1.54) is 19.2 Å². The highest BCUT2D eigenvalue weighted by atomic mass is 19.1. The van der Waals surface area contributed by atoms with E-state index in [4.69, 9.17) is 0 Å². The summed E-state index contributed by atoms with van der Waals surface area (Å²) < 4.78 is 14.6. The maximum absolute atomic E-state index is 14.6. The maximum Gasteiger partial charge on any atom is 0.218 e. The predicted octanol–water partition coefficient (Wildman–Crippen LogP) is 3.69. The van der Waals surface area contributed by atoms with Crippen LogP contribution in [-0.4, -0.2) is 38.0 Å². The van der Waals surface area contributed by atoms with Crippen molar-refractivity contribution in [3.8, 4) is 0 Å². The van der Waals surface area contributed by atoms with Gasteiger partial charge in [-0.1, -0.05) is 6.07 Å². The molecule has 1 aliphatic heterocycles. The molecule has 4 aromatic heterocycles. The van der Waals surface area contributed by atoms with Crippen LogP contribution in [0.1, 0.15) is 29.7 Å². The van der Waals surface area contributed by atoms with Gasteiger partial charge in [-0.25, -0.2) is 15.0 Å². The molecule has 1 aliphatic rings. The number of pyridine rings is 2. The van der Waals surface area contributed by atoms with Crippen LogP contribution in [0, 0.1) is 5.95 Å². The predicted molar refractivity (Wildman–Crippen MR) is 114 cm³/mol. The summed E-state index contributed by atoms with van der Waals surface area (Å²) in [6.07, 6.45) is 9.87. The fraction of sp³-hybridized carbons (Fsp3) is 0.273. The molecule has 0 atom stereocenters. The Kier molecular flexibility index (Phi) is 4.96. The third-order valence-electron chi connectivity index (χ3n) is 5.48. The number of fused-ring (bicyclic) bond motifs is 1. The number of aromatic nitrogens is 5. The van der Waals surface area contributed by atoms with Crippen molar-refractivity contribution in [2.75, 3.05) is 23.3 Å². The second-order valence-electron chi connectivity index (χ2n) is 7.48. The molecule has 0 radical (unpaired) electrons. The summed E-state index contributed by atoms with van der Waals surface area (Å²) in [5, 5.41) is 4.04. The molecule has 0 aliphatic carbocycles.